The Kier molecular flexibility index (Phi) is 13.1. The Bertz CT molecular complexity index is 5000. The summed E-state index contributed by atoms with van der Waals surface area (Å²) >= 11 is 0. The van der Waals surface area contributed by atoms with Gasteiger partial charge in [0.15, 0.2) is 34.9 Å². The number of hydrogen-bond acceptors (Lipinski definition) is 8. The van der Waals surface area contributed by atoms with Gasteiger partial charge in [-0.3, -0.25) is 0 Å². The fourth-order valence-corrected chi connectivity index (χ4v) is 12.6. The van der Waals surface area contributed by atoms with Crippen LogP contribution in [0.3, 0.4) is 0 Å². The number of fused-ring (bicyclic) bond motifs is 6. The van der Waals surface area contributed by atoms with Crippen LogP contribution in [0, 0.1) is 22.7 Å². The van der Waals surface area contributed by atoms with Gasteiger partial charge in [-0.05, 0) is 106 Å². The third kappa shape index (κ3) is 9.29. The predicted octanol–water partition coefficient (Wildman–Crippen LogP) is 19.0. The highest BCUT2D eigenvalue weighted by atomic mass is 15.1. The van der Waals surface area contributed by atoms with Gasteiger partial charge in [0.05, 0.1) is 56.7 Å². The van der Waals surface area contributed by atoms with Crippen LogP contribution in [0.1, 0.15) is 11.1 Å². The molecule has 0 unspecified atom stereocenters. The molecule has 0 bridgehead atoms. The summed E-state index contributed by atoms with van der Waals surface area (Å²) in [7, 11) is 0. The Balaban J connectivity index is 0.946. The molecule has 0 fully saturated rings. The molecule has 16 aromatic rings. The highest BCUT2D eigenvalue weighted by molar-refractivity contribution is 6.11. The lowest BCUT2D eigenvalue weighted by Gasteiger charge is -2.20. The van der Waals surface area contributed by atoms with Crippen molar-refractivity contribution in [3.8, 4) is 125 Å². The molecule has 418 valence electrons. The van der Waals surface area contributed by atoms with E-state index >= 15 is 0 Å². The van der Waals surface area contributed by atoms with Crippen LogP contribution in [0.2, 0.25) is 0 Å². The van der Waals surface area contributed by atoms with E-state index in [0.29, 0.717) is 46.1 Å². The molecule has 0 spiro atoms. The number of aromatic nitrogens is 8. The molecule has 4 aromatic heterocycles. The van der Waals surface area contributed by atoms with Gasteiger partial charge in [0.25, 0.3) is 0 Å². The molecule has 10 nitrogen and oxygen atoms in total. The molecule has 0 radical (unpaired) electrons. The van der Waals surface area contributed by atoms with E-state index in [9.17, 15) is 10.5 Å². The quantitative estimate of drug-likeness (QED) is 0.125. The molecule has 90 heavy (non-hydrogen) atoms. The second kappa shape index (κ2) is 22.3. The van der Waals surface area contributed by atoms with E-state index in [-0.39, 0.29) is 0 Å². The van der Waals surface area contributed by atoms with E-state index in [4.69, 9.17) is 29.9 Å². The van der Waals surface area contributed by atoms with Crippen molar-refractivity contribution in [1.29, 1.82) is 10.5 Å². The van der Waals surface area contributed by atoms with E-state index in [2.05, 4.69) is 155 Å². The van der Waals surface area contributed by atoms with Crippen LogP contribution >= 0.6 is 0 Å². The lowest BCUT2D eigenvalue weighted by atomic mass is 9.86. The van der Waals surface area contributed by atoms with E-state index < -0.39 is 0 Å². The molecule has 0 amide bonds. The topological polar surface area (TPSA) is 135 Å². The zero-order valence-electron chi connectivity index (χ0n) is 48.2. The van der Waals surface area contributed by atoms with Crippen LogP contribution in [-0.2, 0) is 0 Å². The molecule has 0 aliphatic rings. The standard InChI is InChI=1S/C80H48N10/c81-49-51-37-41-59(65(45-51)57-39-43-73(89-69-33-17-13-29-61(69)62-30-14-18-34-70(62)89)67(47-57)79-85-75(53-21-5-1-6-22-53)83-76(86-79)54-23-7-2-8-24-54)60-42-38-52(50-82)46-66(60)58-40-44-74(90-71-35-19-15-31-63(71)64-32-16-20-36-72(64)90)68(48-58)80-87-77(55-25-9-3-10-26-55)84-78(88-80)56-27-11-4-12-28-56/h1-48H. The van der Waals surface area contributed by atoms with E-state index in [1.807, 2.05) is 158 Å². The van der Waals surface area contributed by atoms with Crippen LogP contribution in [0.4, 0.5) is 0 Å². The fraction of sp³-hybridized carbons (Fsp3) is 0. The SMILES string of the molecule is N#Cc1ccc(-c2ccc(C#N)cc2-c2ccc(-n3c4ccccc4c4ccccc43)c(-c3nc(-c4ccccc4)nc(-c4ccccc4)n3)c2)c(-c2ccc(-n3c4ccccc4c4ccccc43)c(-c3nc(-c4ccccc4)nc(-c4ccccc4)n3)c2)c1. The molecular formula is C80H48N10. The molecule has 12 aromatic carbocycles. The second-order valence-corrected chi connectivity index (χ2v) is 22.0. The molecule has 10 heteroatoms. The van der Waals surface area contributed by atoms with Gasteiger partial charge in [0.2, 0.25) is 0 Å². The molecule has 0 saturated carbocycles. The molecule has 0 aliphatic heterocycles. The largest absolute Gasteiger partial charge is 0.309 e. The lowest BCUT2D eigenvalue weighted by molar-refractivity contribution is 1.06. The van der Waals surface area contributed by atoms with Crippen molar-refractivity contribution >= 4 is 43.6 Å². The van der Waals surface area contributed by atoms with Gasteiger partial charge >= 0.3 is 0 Å². The van der Waals surface area contributed by atoms with Crippen molar-refractivity contribution < 1.29 is 0 Å². The molecular weight excluding hydrogens is 1100 g/mol. The molecule has 0 atom stereocenters. The Labute approximate surface area is 517 Å². The number of nitrogens with zero attached hydrogens (tertiary/aromatic N) is 10. The summed E-state index contributed by atoms with van der Waals surface area (Å²) in [6.45, 7) is 0. The Hall–Kier alpha value is -12.8. The maximum atomic E-state index is 10.8. The van der Waals surface area contributed by atoms with Gasteiger partial charge in [-0.15, -0.1) is 0 Å². The van der Waals surface area contributed by atoms with Crippen molar-refractivity contribution in [2.24, 2.45) is 0 Å². The van der Waals surface area contributed by atoms with Gasteiger partial charge in [-0.1, -0.05) is 218 Å². The average molecular weight is 1150 g/mol. The van der Waals surface area contributed by atoms with E-state index in [1.54, 1.807) is 0 Å². The Morgan fingerprint density at radius 2 is 0.500 bits per heavy atom. The van der Waals surface area contributed by atoms with Gasteiger partial charge in [-0.2, -0.15) is 10.5 Å². The van der Waals surface area contributed by atoms with Crippen LogP contribution in [0.15, 0.2) is 291 Å². The van der Waals surface area contributed by atoms with Crippen molar-refractivity contribution in [2.45, 2.75) is 0 Å². The zero-order valence-corrected chi connectivity index (χ0v) is 48.2. The Morgan fingerprint density at radius 3 is 0.800 bits per heavy atom. The first kappa shape index (κ1) is 52.8. The van der Waals surface area contributed by atoms with Crippen LogP contribution in [-0.4, -0.2) is 39.0 Å². The van der Waals surface area contributed by atoms with Crippen LogP contribution in [0.25, 0.3) is 157 Å². The van der Waals surface area contributed by atoms with E-state index in [1.165, 1.54) is 0 Å². The second-order valence-electron chi connectivity index (χ2n) is 22.0. The first-order valence-electron chi connectivity index (χ1n) is 29.6. The maximum absolute atomic E-state index is 10.8. The molecule has 0 aliphatic carbocycles. The fourth-order valence-electron chi connectivity index (χ4n) is 12.6. The van der Waals surface area contributed by atoms with Crippen molar-refractivity contribution in [3.63, 3.8) is 0 Å². The highest BCUT2D eigenvalue weighted by Gasteiger charge is 2.25. The Morgan fingerprint density at radius 1 is 0.222 bits per heavy atom. The monoisotopic (exact) mass is 1150 g/mol. The maximum Gasteiger partial charge on any atom is 0.166 e. The van der Waals surface area contributed by atoms with Gasteiger partial charge < -0.3 is 9.13 Å². The summed E-state index contributed by atoms with van der Waals surface area (Å²) in [5.74, 6) is 3.06. The molecule has 16 rings (SSSR count). The third-order valence-electron chi connectivity index (χ3n) is 16.7. The summed E-state index contributed by atoms with van der Waals surface area (Å²) < 4.78 is 4.59. The summed E-state index contributed by atoms with van der Waals surface area (Å²) in [4.78, 5) is 31.6. The average Bonchev–Trinajstić information content (AvgIpc) is 1.53. The summed E-state index contributed by atoms with van der Waals surface area (Å²) in [6, 6.07) is 103. The van der Waals surface area contributed by atoms with Gasteiger partial charge in [0.1, 0.15) is 0 Å². The lowest BCUT2D eigenvalue weighted by Crippen LogP contribution is -2.04. The summed E-state index contributed by atoms with van der Waals surface area (Å²) in [5, 5.41) is 26.0. The first-order chi connectivity index (χ1) is 44.5. The normalized spacial score (nSPS) is 11.3. The van der Waals surface area contributed by atoms with Crippen molar-refractivity contribution in [2.75, 3.05) is 0 Å². The highest BCUT2D eigenvalue weighted by Crippen LogP contribution is 2.45. The minimum Gasteiger partial charge on any atom is -0.309 e. The minimum atomic E-state index is 0.471. The van der Waals surface area contributed by atoms with Crippen molar-refractivity contribution in [1.82, 2.24) is 39.0 Å². The summed E-state index contributed by atoms with van der Waals surface area (Å²) in [5.41, 5.74) is 16.5. The third-order valence-corrected chi connectivity index (χ3v) is 16.7. The number of nitriles is 2. The number of rotatable bonds is 11. The van der Waals surface area contributed by atoms with Crippen LogP contribution in [0.5, 0.6) is 0 Å². The van der Waals surface area contributed by atoms with E-state index in [0.717, 1.165) is 122 Å². The zero-order chi connectivity index (χ0) is 60.1. The number of benzene rings is 12. The predicted molar refractivity (Wildman–Crippen MR) is 360 cm³/mol. The van der Waals surface area contributed by atoms with Crippen LogP contribution < -0.4 is 0 Å². The molecule has 4 heterocycles. The summed E-state index contributed by atoms with van der Waals surface area (Å²) in [6.07, 6.45) is 0. The number of hydrogen-bond donors (Lipinski definition) is 0. The smallest absolute Gasteiger partial charge is 0.166 e. The number of para-hydroxylation sites is 4. The minimum absolute atomic E-state index is 0.471. The molecule has 0 N–H and O–H groups in total. The van der Waals surface area contributed by atoms with Gasteiger partial charge in [-0.25, -0.2) is 29.9 Å². The van der Waals surface area contributed by atoms with Gasteiger partial charge in [0, 0.05) is 54.9 Å². The first-order valence-corrected chi connectivity index (χ1v) is 29.6. The molecule has 0 saturated heterocycles. The van der Waals surface area contributed by atoms with Crippen molar-refractivity contribution in [3.05, 3.63) is 302 Å².